The highest BCUT2D eigenvalue weighted by Crippen LogP contribution is 2.20. The molecule has 1 heterocycles. The van der Waals surface area contributed by atoms with Crippen LogP contribution in [0.1, 0.15) is 23.7 Å². The lowest BCUT2D eigenvalue weighted by molar-refractivity contribution is -0.116. The number of Topliss-reactive ketones (excluding diaryl/α,β-unsaturated/α-hetero) is 1. The van der Waals surface area contributed by atoms with E-state index in [0.29, 0.717) is 17.9 Å². The number of benzene rings is 1. The number of anilines is 1. The standard InChI is InChI=1S/C19H23N3O6S/c1-14(23)15-5-7-16(8-6-15)29(25,26)21-11-9-18(24)22-17-4-3-10-20-19(17)28-13-12-27-2/h3-8,10,21H,9,11-13H2,1-2H3,(H,22,24). The zero-order valence-corrected chi connectivity index (χ0v) is 17.0. The second-order valence-corrected chi connectivity index (χ2v) is 7.74. The Morgan fingerprint density at radius 2 is 1.83 bits per heavy atom. The molecule has 1 aromatic carbocycles. The molecular formula is C19H23N3O6S. The van der Waals surface area contributed by atoms with E-state index >= 15 is 0 Å². The molecule has 9 nitrogen and oxygen atoms in total. The molecule has 0 spiro atoms. The summed E-state index contributed by atoms with van der Waals surface area (Å²) in [5.74, 6) is -0.298. The molecule has 1 aromatic heterocycles. The van der Waals surface area contributed by atoms with Crippen molar-refractivity contribution in [3.8, 4) is 5.88 Å². The molecule has 1 amide bonds. The van der Waals surface area contributed by atoms with E-state index in [-0.39, 0.29) is 36.1 Å². The molecule has 0 aliphatic rings. The van der Waals surface area contributed by atoms with Crippen molar-refractivity contribution in [1.82, 2.24) is 9.71 Å². The average molecular weight is 421 g/mol. The van der Waals surface area contributed by atoms with Gasteiger partial charge in [-0.25, -0.2) is 18.1 Å². The van der Waals surface area contributed by atoms with Gasteiger partial charge in [0.05, 0.1) is 11.5 Å². The maximum atomic E-state index is 12.3. The van der Waals surface area contributed by atoms with E-state index in [9.17, 15) is 18.0 Å². The Balaban J connectivity index is 1.89. The Morgan fingerprint density at radius 1 is 1.10 bits per heavy atom. The van der Waals surface area contributed by atoms with Crippen LogP contribution in [0.2, 0.25) is 0 Å². The number of methoxy groups -OCH3 is 1. The monoisotopic (exact) mass is 421 g/mol. The maximum absolute atomic E-state index is 12.3. The highest BCUT2D eigenvalue weighted by atomic mass is 32.2. The topological polar surface area (TPSA) is 124 Å². The number of pyridine rings is 1. The number of carbonyl (C=O) groups is 2. The van der Waals surface area contributed by atoms with Gasteiger partial charge < -0.3 is 14.8 Å². The number of aromatic nitrogens is 1. The van der Waals surface area contributed by atoms with Crippen LogP contribution in [0.5, 0.6) is 5.88 Å². The Kier molecular flexibility index (Phi) is 8.25. The Hall–Kier alpha value is -2.82. The first-order valence-electron chi connectivity index (χ1n) is 8.81. The minimum absolute atomic E-state index is 0.0176. The predicted octanol–water partition coefficient (Wildman–Crippen LogP) is 1.62. The number of hydrogen-bond acceptors (Lipinski definition) is 7. The fraction of sp³-hybridized carbons (Fsp3) is 0.316. The lowest BCUT2D eigenvalue weighted by Crippen LogP contribution is -2.28. The lowest BCUT2D eigenvalue weighted by Gasteiger charge is -2.11. The number of hydrogen-bond donors (Lipinski definition) is 2. The summed E-state index contributed by atoms with van der Waals surface area (Å²) in [4.78, 5) is 27.5. The number of nitrogens with one attached hydrogen (secondary N) is 2. The van der Waals surface area contributed by atoms with Crippen molar-refractivity contribution in [2.75, 3.05) is 32.2 Å². The lowest BCUT2D eigenvalue weighted by atomic mass is 10.2. The summed E-state index contributed by atoms with van der Waals surface area (Å²) in [6.07, 6.45) is 1.44. The molecule has 2 rings (SSSR count). The predicted molar refractivity (Wildman–Crippen MR) is 106 cm³/mol. The quantitative estimate of drug-likeness (QED) is 0.417. The molecule has 156 valence electrons. The zero-order valence-electron chi connectivity index (χ0n) is 16.2. The van der Waals surface area contributed by atoms with E-state index in [1.165, 1.54) is 37.4 Å². The largest absolute Gasteiger partial charge is 0.474 e. The highest BCUT2D eigenvalue weighted by molar-refractivity contribution is 7.89. The van der Waals surface area contributed by atoms with Gasteiger partial charge in [-0.05, 0) is 31.2 Å². The van der Waals surface area contributed by atoms with E-state index in [1.54, 1.807) is 19.2 Å². The van der Waals surface area contributed by atoms with Crippen LogP contribution in [-0.4, -0.2) is 52.0 Å². The molecule has 10 heteroatoms. The smallest absolute Gasteiger partial charge is 0.240 e. The SMILES string of the molecule is COCCOc1ncccc1NC(=O)CCNS(=O)(=O)c1ccc(C(C)=O)cc1. The van der Waals surface area contributed by atoms with E-state index in [2.05, 4.69) is 15.0 Å². The van der Waals surface area contributed by atoms with Gasteiger partial charge in [-0.1, -0.05) is 12.1 Å². The molecule has 0 saturated heterocycles. The zero-order chi connectivity index (χ0) is 21.3. The molecule has 0 unspecified atom stereocenters. The number of ketones is 1. The fourth-order valence-electron chi connectivity index (χ4n) is 2.29. The number of carbonyl (C=O) groups excluding carboxylic acids is 2. The van der Waals surface area contributed by atoms with Crippen molar-refractivity contribution < 1.29 is 27.5 Å². The molecule has 0 atom stereocenters. The first-order valence-corrected chi connectivity index (χ1v) is 10.3. The highest BCUT2D eigenvalue weighted by Gasteiger charge is 2.15. The van der Waals surface area contributed by atoms with Gasteiger partial charge in [0.2, 0.25) is 21.8 Å². The normalized spacial score (nSPS) is 11.1. The summed E-state index contributed by atoms with van der Waals surface area (Å²) in [5, 5.41) is 2.64. The summed E-state index contributed by atoms with van der Waals surface area (Å²) < 4.78 is 37.3. The first kappa shape index (κ1) is 22.5. The first-order chi connectivity index (χ1) is 13.8. The van der Waals surface area contributed by atoms with Crippen molar-refractivity contribution in [3.63, 3.8) is 0 Å². The van der Waals surface area contributed by atoms with Crippen LogP contribution in [-0.2, 0) is 19.6 Å². The molecule has 2 aromatic rings. The van der Waals surface area contributed by atoms with E-state index < -0.39 is 15.9 Å². The van der Waals surface area contributed by atoms with Crippen molar-refractivity contribution in [3.05, 3.63) is 48.2 Å². The summed E-state index contributed by atoms with van der Waals surface area (Å²) >= 11 is 0. The van der Waals surface area contributed by atoms with Gasteiger partial charge in [-0.2, -0.15) is 0 Å². The van der Waals surface area contributed by atoms with Crippen molar-refractivity contribution >= 4 is 27.4 Å². The summed E-state index contributed by atoms with van der Waals surface area (Å²) in [7, 11) is -2.24. The third-order valence-electron chi connectivity index (χ3n) is 3.79. The molecule has 0 radical (unpaired) electrons. The van der Waals surface area contributed by atoms with Crippen LogP contribution < -0.4 is 14.8 Å². The van der Waals surface area contributed by atoms with Gasteiger partial charge in [-0.3, -0.25) is 9.59 Å². The summed E-state index contributed by atoms with van der Waals surface area (Å²) in [6, 6.07) is 8.85. The Morgan fingerprint density at radius 3 is 2.48 bits per heavy atom. The van der Waals surface area contributed by atoms with E-state index in [0.717, 1.165) is 0 Å². The van der Waals surface area contributed by atoms with Crippen LogP contribution in [0.4, 0.5) is 5.69 Å². The Bertz CT molecular complexity index is 945. The minimum atomic E-state index is -3.79. The van der Waals surface area contributed by atoms with Crippen LogP contribution in [0, 0.1) is 0 Å². The van der Waals surface area contributed by atoms with E-state index in [1.807, 2.05) is 0 Å². The van der Waals surface area contributed by atoms with Gasteiger partial charge in [0.25, 0.3) is 0 Å². The molecule has 0 saturated carbocycles. The molecule has 0 fully saturated rings. The van der Waals surface area contributed by atoms with E-state index in [4.69, 9.17) is 9.47 Å². The second-order valence-electron chi connectivity index (χ2n) is 5.97. The van der Waals surface area contributed by atoms with Crippen LogP contribution >= 0.6 is 0 Å². The minimum Gasteiger partial charge on any atom is -0.474 e. The molecule has 29 heavy (non-hydrogen) atoms. The number of nitrogens with zero attached hydrogens (tertiary/aromatic N) is 1. The number of sulfonamides is 1. The van der Waals surface area contributed by atoms with Crippen LogP contribution in [0.25, 0.3) is 0 Å². The van der Waals surface area contributed by atoms with Crippen molar-refractivity contribution in [2.45, 2.75) is 18.2 Å². The van der Waals surface area contributed by atoms with Gasteiger partial charge >= 0.3 is 0 Å². The average Bonchev–Trinajstić information content (AvgIpc) is 2.69. The summed E-state index contributed by atoms with van der Waals surface area (Å²) in [6.45, 7) is 1.96. The van der Waals surface area contributed by atoms with Crippen molar-refractivity contribution in [1.29, 1.82) is 0 Å². The maximum Gasteiger partial charge on any atom is 0.240 e. The van der Waals surface area contributed by atoms with Crippen molar-refractivity contribution in [2.24, 2.45) is 0 Å². The third-order valence-corrected chi connectivity index (χ3v) is 5.26. The molecule has 2 N–H and O–H groups in total. The number of rotatable bonds is 11. The van der Waals surface area contributed by atoms with Gasteiger partial charge in [0.15, 0.2) is 5.78 Å². The number of amides is 1. The molecule has 0 aliphatic carbocycles. The molecule has 0 aliphatic heterocycles. The number of ether oxygens (including phenoxy) is 2. The van der Waals surface area contributed by atoms with Gasteiger partial charge in [0.1, 0.15) is 12.3 Å². The summed E-state index contributed by atoms with van der Waals surface area (Å²) in [5.41, 5.74) is 0.805. The van der Waals surface area contributed by atoms with Crippen LogP contribution in [0.3, 0.4) is 0 Å². The fourth-order valence-corrected chi connectivity index (χ4v) is 3.32. The third kappa shape index (κ3) is 6.93. The van der Waals surface area contributed by atoms with Gasteiger partial charge in [-0.15, -0.1) is 0 Å². The molecular weight excluding hydrogens is 398 g/mol. The second kappa shape index (κ2) is 10.6. The Labute approximate surface area is 169 Å². The van der Waals surface area contributed by atoms with Crippen LogP contribution in [0.15, 0.2) is 47.5 Å². The van der Waals surface area contributed by atoms with Gasteiger partial charge in [0, 0.05) is 31.8 Å². The molecule has 0 bridgehead atoms.